The number of carbonyl (C=O) groups is 1. The van der Waals surface area contributed by atoms with Gasteiger partial charge in [0, 0.05) is 22.0 Å². The zero-order chi connectivity index (χ0) is 13.0. The lowest BCUT2D eigenvalue weighted by Gasteiger charge is -2.15. The molecule has 0 saturated carbocycles. The molecular formula is C13H14Br2N2O. The van der Waals surface area contributed by atoms with Gasteiger partial charge in [-0.3, -0.25) is 4.79 Å². The van der Waals surface area contributed by atoms with Crippen LogP contribution in [0.5, 0.6) is 0 Å². The second kappa shape index (κ2) is 6.50. The number of nitrogens with one attached hydrogen (secondary N) is 2. The van der Waals surface area contributed by atoms with Gasteiger partial charge in [-0.25, -0.2) is 0 Å². The van der Waals surface area contributed by atoms with E-state index in [-0.39, 0.29) is 5.91 Å². The Bertz CT molecular complexity index is 486. The van der Waals surface area contributed by atoms with Crippen LogP contribution in [0.2, 0.25) is 0 Å². The zero-order valence-electron chi connectivity index (χ0n) is 9.80. The highest BCUT2D eigenvalue weighted by molar-refractivity contribution is 9.11. The van der Waals surface area contributed by atoms with Gasteiger partial charge in [0.25, 0.3) is 5.91 Å². The molecule has 0 aromatic heterocycles. The first-order valence-electron chi connectivity index (χ1n) is 5.78. The molecule has 0 bridgehead atoms. The lowest BCUT2D eigenvalue weighted by Crippen LogP contribution is -2.29. The normalized spacial score (nSPS) is 15.1. The molecule has 1 aliphatic rings. The summed E-state index contributed by atoms with van der Waals surface area (Å²) in [5.74, 6) is -0.0474. The molecule has 0 saturated heterocycles. The highest BCUT2D eigenvalue weighted by atomic mass is 79.9. The van der Waals surface area contributed by atoms with Crippen molar-refractivity contribution in [2.75, 3.05) is 19.6 Å². The van der Waals surface area contributed by atoms with Crippen LogP contribution >= 0.6 is 31.9 Å². The quantitative estimate of drug-likeness (QED) is 0.800. The molecule has 1 aromatic rings. The molecule has 2 N–H and O–H groups in total. The van der Waals surface area contributed by atoms with Gasteiger partial charge in [-0.1, -0.05) is 27.6 Å². The largest absolute Gasteiger partial charge is 0.348 e. The van der Waals surface area contributed by atoms with Crippen molar-refractivity contribution in [3.05, 3.63) is 44.4 Å². The number of amides is 1. The summed E-state index contributed by atoms with van der Waals surface area (Å²) in [7, 11) is 0. The van der Waals surface area contributed by atoms with E-state index in [2.05, 4.69) is 48.6 Å². The highest BCUT2D eigenvalue weighted by Crippen LogP contribution is 2.21. The van der Waals surface area contributed by atoms with Crippen LogP contribution in [-0.2, 0) is 0 Å². The maximum Gasteiger partial charge on any atom is 0.252 e. The molecule has 5 heteroatoms. The van der Waals surface area contributed by atoms with Crippen LogP contribution in [0.15, 0.2) is 38.8 Å². The lowest BCUT2D eigenvalue weighted by atomic mass is 10.1. The zero-order valence-corrected chi connectivity index (χ0v) is 13.0. The van der Waals surface area contributed by atoms with Crippen LogP contribution in [0.4, 0.5) is 0 Å². The minimum atomic E-state index is -0.0474. The number of hydrogen-bond acceptors (Lipinski definition) is 2. The Labute approximate surface area is 123 Å². The number of carbonyl (C=O) groups excluding carboxylic acids is 1. The highest BCUT2D eigenvalue weighted by Gasteiger charge is 2.11. The van der Waals surface area contributed by atoms with E-state index >= 15 is 0 Å². The van der Waals surface area contributed by atoms with Crippen LogP contribution in [0.1, 0.15) is 16.8 Å². The predicted octanol–water partition coefficient (Wildman–Crippen LogP) is 2.86. The average Bonchev–Trinajstić information content (AvgIpc) is 2.37. The smallest absolute Gasteiger partial charge is 0.252 e. The Morgan fingerprint density at radius 1 is 1.39 bits per heavy atom. The van der Waals surface area contributed by atoms with Crippen LogP contribution < -0.4 is 10.6 Å². The molecule has 0 spiro atoms. The fraction of sp³-hybridized carbons (Fsp3) is 0.308. The molecule has 1 aliphatic heterocycles. The van der Waals surface area contributed by atoms with Crippen LogP contribution in [-0.4, -0.2) is 25.5 Å². The Balaban J connectivity index is 1.97. The van der Waals surface area contributed by atoms with Gasteiger partial charge < -0.3 is 10.6 Å². The molecule has 0 radical (unpaired) electrons. The summed E-state index contributed by atoms with van der Waals surface area (Å²) in [5.41, 5.74) is 1.95. The van der Waals surface area contributed by atoms with Crippen LogP contribution in [0.3, 0.4) is 0 Å². The van der Waals surface area contributed by atoms with Crippen molar-refractivity contribution in [1.29, 1.82) is 0 Å². The molecule has 0 fully saturated rings. The summed E-state index contributed by atoms with van der Waals surface area (Å²) >= 11 is 6.77. The third-order valence-corrected chi connectivity index (χ3v) is 3.96. The summed E-state index contributed by atoms with van der Waals surface area (Å²) < 4.78 is 1.75. The molecule has 3 nitrogen and oxygen atoms in total. The summed E-state index contributed by atoms with van der Waals surface area (Å²) in [6.45, 7) is 2.51. The lowest BCUT2D eigenvalue weighted by molar-refractivity contribution is 0.0956. The van der Waals surface area contributed by atoms with Gasteiger partial charge in [-0.15, -0.1) is 0 Å². The molecular weight excluding hydrogens is 360 g/mol. The summed E-state index contributed by atoms with van der Waals surface area (Å²) in [5, 5.41) is 6.20. The van der Waals surface area contributed by atoms with E-state index in [0.717, 1.165) is 28.5 Å². The average molecular weight is 374 g/mol. The molecule has 1 heterocycles. The van der Waals surface area contributed by atoms with Gasteiger partial charge >= 0.3 is 0 Å². The number of hydrogen-bond donors (Lipinski definition) is 2. The Morgan fingerprint density at radius 3 is 2.89 bits per heavy atom. The van der Waals surface area contributed by atoms with Gasteiger partial charge in [0.05, 0.1) is 5.56 Å². The minimum Gasteiger partial charge on any atom is -0.348 e. The Hall–Kier alpha value is -0.650. The monoisotopic (exact) mass is 372 g/mol. The topological polar surface area (TPSA) is 41.1 Å². The maximum atomic E-state index is 12.0. The fourth-order valence-corrected chi connectivity index (χ4v) is 3.02. The first kappa shape index (κ1) is 13.8. The summed E-state index contributed by atoms with van der Waals surface area (Å²) in [6.07, 6.45) is 3.14. The van der Waals surface area contributed by atoms with Gasteiger partial charge in [-0.2, -0.15) is 0 Å². The van der Waals surface area contributed by atoms with Crippen LogP contribution in [0, 0.1) is 0 Å². The van der Waals surface area contributed by atoms with Gasteiger partial charge in [0.1, 0.15) is 0 Å². The molecule has 1 aromatic carbocycles. The van der Waals surface area contributed by atoms with Gasteiger partial charge in [-0.05, 0) is 47.1 Å². The summed E-state index contributed by atoms with van der Waals surface area (Å²) in [6, 6.07) is 5.54. The van der Waals surface area contributed by atoms with Gasteiger partial charge in [0.15, 0.2) is 0 Å². The molecule has 18 heavy (non-hydrogen) atoms. The van der Waals surface area contributed by atoms with Crippen molar-refractivity contribution in [3.63, 3.8) is 0 Å². The molecule has 2 rings (SSSR count). The molecule has 0 aliphatic carbocycles. The van der Waals surface area contributed by atoms with Crippen molar-refractivity contribution >= 4 is 37.8 Å². The van der Waals surface area contributed by atoms with Gasteiger partial charge in [0.2, 0.25) is 0 Å². The van der Waals surface area contributed by atoms with Crippen molar-refractivity contribution in [2.45, 2.75) is 6.42 Å². The molecule has 96 valence electrons. The third-order valence-electron chi connectivity index (χ3n) is 2.81. The van der Waals surface area contributed by atoms with E-state index in [0.29, 0.717) is 12.1 Å². The molecule has 0 atom stereocenters. The first-order valence-corrected chi connectivity index (χ1v) is 7.37. The van der Waals surface area contributed by atoms with Crippen LogP contribution in [0.25, 0.3) is 0 Å². The summed E-state index contributed by atoms with van der Waals surface area (Å²) in [4.78, 5) is 12.0. The number of benzene rings is 1. The van der Waals surface area contributed by atoms with Crippen molar-refractivity contribution in [1.82, 2.24) is 10.6 Å². The Morgan fingerprint density at radius 2 is 2.22 bits per heavy atom. The third kappa shape index (κ3) is 3.67. The van der Waals surface area contributed by atoms with Crippen molar-refractivity contribution < 1.29 is 4.79 Å². The van der Waals surface area contributed by atoms with E-state index < -0.39 is 0 Å². The minimum absolute atomic E-state index is 0.0474. The van der Waals surface area contributed by atoms with Crippen molar-refractivity contribution in [3.8, 4) is 0 Å². The standard InChI is InChI=1S/C13H14Br2N2O/c14-10-1-2-11(12(15)7-10)13(18)17-8-9-3-5-16-6-4-9/h1-3,7,16H,4-6,8H2,(H,17,18). The second-order valence-electron chi connectivity index (χ2n) is 4.12. The van der Waals surface area contributed by atoms with E-state index in [4.69, 9.17) is 0 Å². The van der Waals surface area contributed by atoms with E-state index in [1.807, 2.05) is 12.1 Å². The first-order chi connectivity index (χ1) is 8.66. The van der Waals surface area contributed by atoms with E-state index in [9.17, 15) is 4.79 Å². The fourth-order valence-electron chi connectivity index (χ4n) is 1.79. The maximum absolute atomic E-state index is 12.0. The van der Waals surface area contributed by atoms with E-state index in [1.165, 1.54) is 5.57 Å². The molecule has 0 unspecified atom stereocenters. The van der Waals surface area contributed by atoms with Crippen molar-refractivity contribution in [2.24, 2.45) is 0 Å². The molecule has 1 amide bonds. The predicted molar refractivity (Wildman–Crippen MR) is 79.7 cm³/mol. The Kier molecular flexibility index (Phi) is 4.97. The number of halogens is 2. The second-order valence-corrected chi connectivity index (χ2v) is 5.89. The SMILES string of the molecule is O=C(NCC1=CCNCC1)c1ccc(Br)cc1Br. The van der Waals surface area contributed by atoms with E-state index in [1.54, 1.807) is 6.07 Å². The number of rotatable bonds is 3.